The molecule has 3 aromatic rings. The van der Waals surface area contributed by atoms with E-state index in [2.05, 4.69) is 20.5 Å². The van der Waals surface area contributed by atoms with Crippen molar-refractivity contribution in [2.24, 2.45) is 0 Å². The number of benzene rings is 1. The van der Waals surface area contributed by atoms with Crippen molar-refractivity contribution in [2.75, 3.05) is 25.3 Å². The summed E-state index contributed by atoms with van der Waals surface area (Å²) in [6.07, 6.45) is 1.71. The van der Waals surface area contributed by atoms with E-state index in [-0.39, 0.29) is 11.7 Å². The summed E-state index contributed by atoms with van der Waals surface area (Å²) in [4.78, 5) is 16.5. The van der Waals surface area contributed by atoms with Crippen molar-refractivity contribution in [3.05, 3.63) is 54.7 Å². The van der Waals surface area contributed by atoms with Crippen LogP contribution < -0.4 is 14.8 Å². The summed E-state index contributed by atoms with van der Waals surface area (Å²) in [6.45, 7) is 0. The molecule has 0 bridgehead atoms. The van der Waals surface area contributed by atoms with Crippen molar-refractivity contribution >= 4 is 23.4 Å². The van der Waals surface area contributed by atoms with E-state index in [0.29, 0.717) is 27.9 Å². The van der Waals surface area contributed by atoms with Crippen molar-refractivity contribution in [3.8, 4) is 22.9 Å². The maximum atomic E-state index is 12.2. The van der Waals surface area contributed by atoms with Crippen molar-refractivity contribution < 1.29 is 14.3 Å². The molecule has 8 heteroatoms. The third kappa shape index (κ3) is 4.95. The van der Waals surface area contributed by atoms with Crippen LogP contribution in [0, 0.1) is 0 Å². The van der Waals surface area contributed by atoms with Crippen molar-refractivity contribution in [1.82, 2.24) is 15.2 Å². The van der Waals surface area contributed by atoms with E-state index in [1.165, 1.54) is 18.9 Å². The van der Waals surface area contributed by atoms with Gasteiger partial charge in [-0.25, -0.2) is 0 Å². The Balaban J connectivity index is 1.58. The van der Waals surface area contributed by atoms with Crippen molar-refractivity contribution in [3.63, 3.8) is 0 Å². The first-order chi connectivity index (χ1) is 13.2. The molecule has 27 heavy (non-hydrogen) atoms. The largest absolute Gasteiger partial charge is 0.497 e. The quantitative estimate of drug-likeness (QED) is 0.628. The second kappa shape index (κ2) is 9.00. The van der Waals surface area contributed by atoms with Gasteiger partial charge in [-0.3, -0.25) is 9.78 Å². The normalized spacial score (nSPS) is 10.3. The van der Waals surface area contributed by atoms with E-state index >= 15 is 0 Å². The molecule has 2 aromatic heterocycles. The van der Waals surface area contributed by atoms with E-state index in [0.717, 1.165) is 5.69 Å². The van der Waals surface area contributed by atoms with Gasteiger partial charge in [0.25, 0.3) is 0 Å². The summed E-state index contributed by atoms with van der Waals surface area (Å²) in [5, 5.41) is 11.8. The summed E-state index contributed by atoms with van der Waals surface area (Å²) in [5.74, 6) is 1.22. The highest BCUT2D eigenvalue weighted by Crippen LogP contribution is 2.29. The lowest BCUT2D eigenvalue weighted by Crippen LogP contribution is -2.14. The molecule has 1 aromatic carbocycles. The van der Waals surface area contributed by atoms with Crippen LogP contribution in [0.1, 0.15) is 0 Å². The third-order valence-corrected chi connectivity index (χ3v) is 4.52. The van der Waals surface area contributed by atoms with E-state index in [1.54, 1.807) is 31.5 Å². The van der Waals surface area contributed by atoms with Gasteiger partial charge in [0, 0.05) is 12.3 Å². The number of amides is 1. The summed E-state index contributed by atoms with van der Waals surface area (Å²) in [5.41, 5.74) is 2.03. The maximum absolute atomic E-state index is 12.2. The summed E-state index contributed by atoms with van der Waals surface area (Å²) >= 11 is 1.30. The molecule has 0 fully saturated rings. The molecule has 0 aliphatic rings. The Morgan fingerprint density at radius 1 is 1.04 bits per heavy atom. The van der Waals surface area contributed by atoms with Crippen LogP contribution in [-0.2, 0) is 4.79 Å². The number of anilines is 1. The first-order valence-electron chi connectivity index (χ1n) is 8.09. The predicted molar refractivity (Wildman–Crippen MR) is 104 cm³/mol. The minimum Gasteiger partial charge on any atom is -0.497 e. The molecule has 1 N–H and O–H groups in total. The lowest BCUT2D eigenvalue weighted by atomic mass is 10.2. The maximum Gasteiger partial charge on any atom is 0.234 e. The third-order valence-electron chi connectivity index (χ3n) is 3.60. The van der Waals surface area contributed by atoms with Crippen LogP contribution >= 0.6 is 11.8 Å². The molecule has 0 aliphatic carbocycles. The highest BCUT2D eigenvalue weighted by atomic mass is 32.2. The molecular weight excluding hydrogens is 364 g/mol. The number of aromatic nitrogens is 3. The second-order valence-electron chi connectivity index (χ2n) is 5.37. The Hall–Kier alpha value is -3.13. The monoisotopic (exact) mass is 382 g/mol. The number of methoxy groups -OCH3 is 2. The number of hydrogen-bond donors (Lipinski definition) is 1. The fourth-order valence-corrected chi connectivity index (χ4v) is 2.89. The van der Waals surface area contributed by atoms with Gasteiger partial charge in [0.05, 0.1) is 31.4 Å². The van der Waals surface area contributed by atoms with E-state index in [9.17, 15) is 4.79 Å². The number of nitrogens with zero attached hydrogens (tertiary/aromatic N) is 3. The second-order valence-corrected chi connectivity index (χ2v) is 6.37. The van der Waals surface area contributed by atoms with Gasteiger partial charge in [-0.2, -0.15) is 0 Å². The van der Waals surface area contributed by atoms with Crippen LogP contribution in [0.2, 0.25) is 0 Å². The molecule has 7 nitrogen and oxygen atoms in total. The Morgan fingerprint density at radius 2 is 1.93 bits per heavy atom. The zero-order valence-corrected chi connectivity index (χ0v) is 15.7. The van der Waals surface area contributed by atoms with Gasteiger partial charge in [-0.05, 0) is 36.4 Å². The molecule has 0 spiro atoms. The van der Waals surface area contributed by atoms with Crippen molar-refractivity contribution in [1.29, 1.82) is 0 Å². The summed E-state index contributed by atoms with van der Waals surface area (Å²) < 4.78 is 10.4. The van der Waals surface area contributed by atoms with E-state index in [1.807, 2.05) is 30.3 Å². The van der Waals surface area contributed by atoms with Crippen LogP contribution in [0.4, 0.5) is 5.69 Å². The van der Waals surface area contributed by atoms with Gasteiger partial charge in [0.2, 0.25) is 5.91 Å². The Labute approximate surface area is 161 Å². The fraction of sp³-hybridized carbons (Fsp3) is 0.158. The van der Waals surface area contributed by atoms with Gasteiger partial charge in [-0.15, -0.1) is 10.2 Å². The van der Waals surface area contributed by atoms with Gasteiger partial charge in [0.1, 0.15) is 22.2 Å². The number of carbonyl (C=O) groups excluding carboxylic acids is 1. The molecule has 1 amide bonds. The number of rotatable bonds is 7. The van der Waals surface area contributed by atoms with Crippen LogP contribution in [0.3, 0.4) is 0 Å². The molecule has 138 valence electrons. The van der Waals surface area contributed by atoms with Crippen LogP contribution in [0.15, 0.2) is 59.8 Å². The average Bonchev–Trinajstić information content (AvgIpc) is 2.73. The highest BCUT2D eigenvalue weighted by molar-refractivity contribution is 7.99. The van der Waals surface area contributed by atoms with Crippen LogP contribution in [0.5, 0.6) is 11.5 Å². The van der Waals surface area contributed by atoms with Gasteiger partial charge < -0.3 is 14.8 Å². The van der Waals surface area contributed by atoms with Gasteiger partial charge >= 0.3 is 0 Å². The summed E-state index contributed by atoms with van der Waals surface area (Å²) in [6, 6.07) is 14.5. The first kappa shape index (κ1) is 18.7. The zero-order valence-electron chi connectivity index (χ0n) is 14.9. The fourth-order valence-electron chi connectivity index (χ4n) is 2.28. The van der Waals surface area contributed by atoms with Crippen molar-refractivity contribution in [2.45, 2.75) is 5.03 Å². The number of carbonyl (C=O) groups is 1. The number of nitrogens with one attached hydrogen (secondary N) is 1. The van der Waals surface area contributed by atoms with Gasteiger partial charge in [0.15, 0.2) is 0 Å². The zero-order chi connectivity index (χ0) is 19.1. The summed E-state index contributed by atoms with van der Waals surface area (Å²) in [7, 11) is 3.11. The number of ether oxygens (including phenoxy) is 2. The van der Waals surface area contributed by atoms with Gasteiger partial charge in [-0.1, -0.05) is 17.8 Å². The number of pyridine rings is 1. The SMILES string of the molecule is COc1ccc(NC(=O)CSc2ccc(-c3ccccn3)nn2)c(OC)c1. The lowest BCUT2D eigenvalue weighted by molar-refractivity contribution is -0.113. The molecule has 0 atom stereocenters. The first-order valence-corrected chi connectivity index (χ1v) is 9.08. The van der Waals surface area contributed by atoms with Crippen LogP contribution in [-0.4, -0.2) is 41.1 Å². The molecule has 0 radical (unpaired) electrons. The molecule has 0 aliphatic heterocycles. The van der Waals surface area contributed by atoms with E-state index < -0.39 is 0 Å². The Kier molecular flexibility index (Phi) is 6.22. The standard InChI is InChI=1S/C19H18N4O3S/c1-25-13-6-7-16(17(11-13)26-2)21-18(24)12-27-19-9-8-15(22-23-19)14-5-3-4-10-20-14/h3-11H,12H2,1-2H3,(H,21,24). The molecule has 3 rings (SSSR count). The molecular formula is C19H18N4O3S. The molecule has 0 saturated heterocycles. The highest BCUT2D eigenvalue weighted by Gasteiger charge is 2.10. The number of hydrogen-bond acceptors (Lipinski definition) is 7. The minimum atomic E-state index is -0.168. The molecule has 2 heterocycles. The Morgan fingerprint density at radius 3 is 2.59 bits per heavy atom. The van der Waals surface area contributed by atoms with E-state index in [4.69, 9.17) is 9.47 Å². The smallest absolute Gasteiger partial charge is 0.234 e. The number of thioether (sulfide) groups is 1. The molecule has 0 unspecified atom stereocenters. The lowest BCUT2D eigenvalue weighted by Gasteiger charge is -2.11. The topological polar surface area (TPSA) is 86.2 Å². The Bertz CT molecular complexity index is 905. The average molecular weight is 382 g/mol. The van der Waals surface area contributed by atoms with Crippen LogP contribution in [0.25, 0.3) is 11.4 Å². The molecule has 0 saturated carbocycles. The minimum absolute atomic E-state index is 0.168. The predicted octanol–water partition coefficient (Wildman–Crippen LogP) is 3.29.